The standard InChI is InChI=1S/C13H18N2O4S/c1-15(11-7-14-8-12(11)16)20(17,18)10-2-3-13-9(6-10)4-5-19-13/h2-3,6,11-12,14,16H,4-5,7-8H2,1H3/t11-,12-/m0/s1. The van der Waals surface area contributed by atoms with Gasteiger partial charge in [0.25, 0.3) is 0 Å². The van der Waals surface area contributed by atoms with Crippen LogP contribution in [0.3, 0.4) is 0 Å². The molecular formula is C13H18N2O4S. The molecule has 6 nitrogen and oxygen atoms in total. The molecule has 2 aliphatic rings. The average molecular weight is 298 g/mol. The Morgan fingerprint density at radius 3 is 2.90 bits per heavy atom. The fraction of sp³-hybridized carbons (Fsp3) is 0.538. The highest BCUT2D eigenvalue weighted by Crippen LogP contribution is 2.29. The van der Waals surface area contributed by atoms with E-state index in [1.807, 2.05) is 0 Å². The van der Waals surface area contributed by atoms with Crippen LogP contribution in [0.25, 0.3) is 0 Å². The Morgan fingerprint density at radius 2 is 2.20 bits per heavy atom. The number of likely N-dealkylation sites (N-methyl/N-ethyl adjacent to an activating group) is 1. The zero-order valence-corrected chi connectivity index (χ0v) is 12.1. The molecule has 2 aliphatic heterocycles. The van der Waals surface area contributed by atoms with E-state index in [1.165, 1.54) is 11.4 Å². The summed E-state index contributed by atoms with van der Waals surface area (Å²) in [5, 5.41) is 12.8. The molecular weight excluding hydrogens is 280 g/mol. The molecule has 7 heteroatoms. The number of aliphatic hydroxyl groups is 1. The molecule has 0 bridgehead atoms. The number of ether oxygens (including phenoxy) is 1. The predicted octanol–water partition coefficient (Wildman–Crippen LogP) is -0.425. The first-order valence-electron chi connectivity index (χ1n) is 6.62. The average Bonchev–Trinajstić information content (AvgIpc) is 3.05. The minimum absolute atomic E-state index is 0.253. The first-order chi connectivity index (χ1) is 9.50. The van der Waals surface area contributed by atoms with Crippen molar-refractivity contribution in [2.24, 2.45) is 0 Å². The molecule has 110 valence electrons. The van der Waals surface area contributed by atoms with Gasteiger partial charge in [0.15, 0.2) is 0 Å². The van der Waals surface area contributed by atoms with Crippen molar-refractivity contribution in [2.75, 3.05) is 26.7 Å². The van der Waals surface area contributed by atoms with Gasteiger partial charge in [0.1, 0.15) is 5.75 Å². The van der Waals surface area contributed by atoms with Crippen LogP contribution in [0.2, 0.25) is 0 Å². The van der Waals surface area contributed by atoms with Gasteiger partial charge in [-0.2, -0.15) is 4.31 Å². The summed E-state index contributed by atoms with van der Waals surface area (Å²) in [4.78, 5) is 0.253. The maximum absolute atomic E-state index is 12.6. The third-order valence-corrected chi connectivity index (χ3v) is 5.83. The van der Waals surface area contributed by atoms with E-state index >= 15 is 0 Å². The van der Waals surface area contributed by atoms with Gasteiger partial charge in [-0.25, -0.2) is 8.42 Å². The lowest BCUT2D eigenvalue weighted by atomic mass is 10.2. The molecule has 1 aromatic rings. The second-order valence-electron chi connectivity index (χ2n) is 5.18. The van der Waals surface area contributed by atoms with Crippen molar-refractivity contribution in [3.63, 3.8) is 0 Å². The van der Waals surface area contributed by atoms with Crippen LogP contribution in [0.4, 0.5) is 0 Å². The van der Waals surface area contributed by atoms with Crippen molar-refractivity contribution in [1.82, 2.24) is 9.62 Å². The predicted molar refractivity (Wildman–Crippen MR) is 73.3 cm³/mol. The van der Waals surface area contributed by atoms with Gasteiger partial charge in [-0.1, -0.05) is 0 Å². The maximum Gasteiger partial charge on any atom is 0.243 e. The minimum Gasteiger partial charge on any atom is -0.493 e. The lowest BCUT2D eigenvalue weighted by molar-refractivity contribution is 0.136. The van der Waals surface area contributed by atoms with Crippen LogP contribution in [-0.2, 0) is 16.4 Å². The van der Waals surface area contributed by atoms with E-state index in [2.05, 4.69) is 5.32 Å². The largest absolute Gasteiger partial charge is 0.493 e. The molecule has 1 fully saturated rings. The minimum atomic E-state index is -3.60. The number of nitrogens with zero attached hydrogens (tertiary/aromatic N) is 1. The van der Waals surface area contributed by atoms with Crippen LogP contribution in [0.5, 0.6) is 5.75 Å². The van der Waals surface area contributed by atoms with E-state index in [0.717, 1.165) is 17.7 Å². The molecule has 2 atom stereocenters. The van der Waals surface area contributed by atoms with Gasteiger partial charge in [0, 0.05) is 26.6 Å². The molecule has 0 aromatic heterocycles. The third kappa shape index (κ3) is 2.20. The summed E-state index contributed by atoms with van der Waals surface area (Å²) in [6.07, 6.45) is 0.0586. The van der Waals surface area contributed by atoms with E-state index in [9.17, 15) is 13.5 Å². The zero-order chi connectivity index (χ0) is 14.3. The quantitative estimate of drug-likeness (QED) is 0.792. The molecule has 0 unspecified atom stereocenters. The fourth-order valence-electron chi connectivity index (χ4n) is 2.69. The molecule has 2 N–H and O–H groups in total. The normalized spacial score (nSPS) is 25.8. The summed E-state index contributed by atoms with van der Waals surface area (Å²) in [6.45, 7) is 1.48. The summed E-state index contributed by atoms with van der Waals surface area (Å²) in [5.41, 5.74) is 0.921. The van der Waals surface area contributed by atoms with Crippen LogP contribution in [0.1, 0.15) is 5.56 Å². The molecule has 20 heavy (non-hydrogen) atoms. The Kier molecular flexibility index (Phi) is 3.45. The number of hydrogen-bond donors (Lipinski definition) is 2. The molecule has 3 rings (SSSR count). The highest BCUT2D eigenvalue weighted by Gasteiger charge is 2.36. The van der Waals surface area contributed by atoms with Gasteiger partial charge >= 0.3 is 0 Å². The van der Waals surface area contributed by atoms with Gasteiger partial charge in [0.2, 0.25) is 10.0 Å². The Balaban J connectivity index is 1.91. The van der Waals surface area contributed by atoms with Gasteiger partial charge in [-0.15, -0.1) is 0 Å². The third-order valence-electron chi connectivity index (χ3n) is 3.96. The van der Waals surface area contributed by atoms with Crippen LogP contribution in [-0.4, -0.2) is 56.7 Å². The molecule has 0 saturated carbocycles. The van der Waals surface area contributed by atoms with Crippen LogP contribution in [0, 0.1) is 0 Å². The zero-order valence-electron chi connectivity index (χ0n) is 11.2. The number of benzene rings is 1. The summed E-state index contributed by atoms with van der Waals surface area (Å²) in [7, 11) is -2.09. The summed E-state index contributed by atoms with van der Waals surface area (Å²) >= 11 is 0. The van der Waals surface area contributed by atoms with Gasteiger partial charge in [-0.05, 0) is 23.8 Å². The number of rotatable bonds is 3. The Morgan fingerprint density at radius 1 is 1.40 bits per heavy atom. The Hall–Kier alpha value is -1.15. The number of sulfonamides is 1. The summed E-state index contributed by atoms with van der Waals surface area (Å²) in [5.74, 6) is 0.758. The van der Waals surface area contributed by atoms with Crippen molar-refractivity contribution in [2.45, 2.75) is 23.5 Å². The van der Waals surface area contributed by atoms with E-state index < -0.39 is 22.2 Å². The van der Waals surface area contributed by atoms with E-state index in [0.29, 0.717) is 19.7 Å². The van der Waals surface area contributed by atoms with Crippen LogP contribution < -0.4 is 10.1 Å². The van der Waals surface area contributed by atoms with Gasteiger partial charge in [-0.3, -0.25) is 0 Å². The molecule has 1 saturated heterocycles. The number of hydrogen-bond acceptors (Lipinski definition) is 5. The first-order valence-corrected chi connectivity index (χ1v) is 8.07. The van der Waals surface area contributed by atoms with Crippen molar-refractivity contribution in [1.29, 1.82) is 0 Å². The smallest absolute Gasteiger partial charge is 0.243 e. The number of β-amino-alcohol motifs (C(OH)–C–C–N with tert-alkyl or cyclic N) is 1. The van der Waals surface area contributed by atoms with E-state index in [1.54, 1.807) is 18.2 Å². The summed E-state index contributed by atoms with van der Waals surface area (Å²) in [6, 6.07) is 4.50. The van der Waals surface area contributed by atoms with Gasteiger partial charge < -0.3 is 15.2 Å². The second kappa shape index (κ2) is 5.00. The van der Waals surface area contributed by atoms with Crippen LogP contribution in [0.15, 0.2) is 23.1 Å². The first kappa shape index (κ1) is 13.8. The molecule has 0 radical (unpaired) electrons. The highest BCUT2D eigenvalue weighted by atomic mass is 32.2. The van der Waals surface area contributed by atoms with Crippen molar-refractivity contribution < 1.29 is 18.3 Å². The topological polar surface area (TPSA) is 78.9 Å². The van der Waals surface area contributed by atoms with Crippen molar-refractivity contribution in [3.8, 4) is 5.75 Å². The Labute approximate surface area is 118 Å². The number of nitrogens with one attached hydrogen (secondary N) is 1. The molecule has 1 aromatic carbocycles. The lowest BCUT2D eigenvalue weighted by Crippen LogP contribution is -2.44. The fourth-order valence-corrected chi connectivity index (χ4v) is 4.13. The van der Waals surface area contributed by atoms with E-state index in [-0.39, 0.29) is 4.90 Å². The maximum atomic E-state index is 12.6. The number of aliphatic hydroxyl groups excluding tert-OH is 1. The molecule has 2 heterocycles. The Bertz CT molecular complexity index is 617. The molecule has 0 amide bonds. The number of fused-ring (bicyclic) bond motifs is 1. The van der Waals surface area contributed by atoms with E-state index in [4.69, 9.17) is 4.74 Å². The lowest BCUT2D eigenvalue weighted by Gasteiger charge is -2.25. The monoisotopic (exact) mass is 298 g/mol. The summed E-state index contributed by atoms with van der Waals surface area (Å²) < 4.78 is 31.9. The molecule has 0 spiro atoms. The van der Waals surface area contributed by atoms with Crippen molar-refractivity contribution >= 4 is 10.0 Å². The highest BCUT2D eigenvalue weighted by molar-refractivity contribution is 7.89. The second-order valence-corrected chi connectivity index (χ2v) is 7.18. The van der Waals surface area contributed by atoms with Crippen LogP contribution >= 0.6 is 0 Å². The van der Waals surface area contributed by atoms with Gasteiger partial charge in [0.05, 0.1) is 23.6 Å². The van der Waals surface area contributed by atoms with Crippen molar-refractivity contribution in [3.05, 3.63) is 23.8 Å². The molecule has 0 aliphatic carbocycles. The SMILES string of the molecule is CN([C@H]1CNC[C@@H]1O)S(=O)(=O)c1ccc2c(c1)CCO2.